The number of likely N-dealkylation sites (N-methyl/N-ethyl adjacent to an activating group) is 1. The molecule has 1 aromatic carbocycles. The van der Waals surface area contributed by atoms with Crippen LogP contribution in [0.2, 0.25) is 0 Å². The Labute approximate surface area is 128 Å². The number of amides is 1. The Morgan fingerprint density at radius 3 is 2.57 bits per heavy atom. The molecule has 0 saturated carbocycles. The normalized spacial score (nSPS) is 11.9. The number of nitrogens with one attached hydrogen (secondary N) is 1. The van der Waals surface area contributed by atoms with Gasteiger partial charge in [0, 0.05) is 17.0 Å². The topological polar surface area (TPSA) is 56.1 Å². The Hall–Kier alpha value is -2.16. The molecule has 2 aromatic rings. The molecule has 108 valence electrons. The highest BCUT2D eigenvalue weighted by Crippen LogP contribution is 2.22. The molecule has 5 heteroatoms. The third kappa shape index (κ3) is 3.91. The molecule has 1 aromatic heterocycles. The highest BCUT2D eigenvalue weighted by molar-refractivity contribution is 7.10. The van der Waals surface area contributed by atoms with Gasteiger partial charge in [-0.1, -0.05) is 6.07 Å². The lowest BCUT2D eigenvalue weighted by atomic mass is 10.1. The molecule has 1 heterocycles. The van der Waals surface area contributed by atoms with E-state index in [0.29, 0.717) is 17.7 Å². The molecular formula is C16H17N3OS. The molecule has 1 atom stereocenters. The highest BCUT2D eigenvalue weighted by Gasteiger charge is 2.16. The number of carbonyl (C=O) groups is 1. The first-order valence-electron chi connectivity index (χ1n) is 6.60. The fourth-order valence-corrected chi connectivity index (χ4v) is 2.93. The van der Waals surface area contributed by atoms with Crippen molar-refractivity contribution in [2.24, 2.45) is 0 Å². The van der Waals surface area contributed by atoms with Gasteiger partial charge in [-0.15, -0.1) is 11.3 Å². The zero-order valence-corrected chi connectivity index (χ0v) is 12.9. The predicted molar refractivity (Wildman–Crippen MR) is 84.2 cm³/mol. The Bertz CT molecular complexity index is 627. The van der Waals surface area contributed by atoms with E-state index in [4.69, 9.17) is 5.26 Å². The van der Waals surface area contributed by atoms with Gasteiger partial charge in [0.05, 0.1) is 17.7 Å². The Kier molecular flexibility index (Phi) is 5.09. The summed E-state index contributed by atoms with van der Waals surface area (Å²) in [7, 11) is 4.00. The first-order chi connectivity index (χ1) is 10.1. The molecule has 0 aliphatic heterocycles. The molecule has 2 rings (SSSR count). The summed E-state index contributed by atoms with van der Waals surface area (Å²) >= 11 is 1.68. The summed E-state index contributed by atoms with van der Waals surface area (Å²) in [6.07, 6.45) is 0. The Balaban J connectivity index is 2.00. The third-order valence-electron chi connectivity index (χ3n) is 3.23. The lowest BCUT2D eigenvalue weighted by molar-refractivity contribution is 0.0942. The largest absolute Gasteiger partial charge is 0.350 e. The van der Waals surface area contributed by atoms with Gasteiger partial charge in [0.2, 0.25) is 0 Å². The van der Waals surface area contributed by atoms with E-state index < -0.39 is 0 Å². The van der Waals surface area contributed by atoms with Gasteiger partial charge in [0.25, 0.3) is 5.91 Å². The summed E-state index contributed by atoms with van der Waals surface area (Å²) in [6, 6.07) is 12.9. The van der Waals surface area contributed by atoms with Crippen LogP contribution < -0.4 is 5.32 Å². The van der Waals surface area contributed by atoms with E-state index in [0.717, 1.165) is 0 Å². The summed E-state index contributed by atoms with van der Waals surface area (Å²) in [5, 5.41) is 13.7. The van der Waals surface area contributed by atoms with Crippen LogP contribution in [0, 0.1) is 11.3 Å². The van der Waals surface area contributed by atoms with E-state index >= 15 is 0 Å². The predicted octanol–water partition coefficient (Wildman–Crippen LogP) is 2.65. The molecule has 0 spiro atoms. The van der Waals surface area contributed by atoms with Gasteiger partial charge < -0.3 is 10.2 Å². The van der Waals surface area contributed by atoms with Gasteiger partial charge in [-0.2, -0.15) is 5.26 Å². The maximum absolute atomic E-state index is 12.1. The van der Waals surface area contributed by atoms with Crippen molar-refractivity contribution >= 4 is 17.2 Å². The lowest BCUT2D eigenvalue weighted by Gasteiger charge is -2.23. The highest BCUT2D eigenvalue weighted by atomic mass is 32.1. The van der Waals surface area contributed by atoms with Crippen LogP contribution >= 0.6 is 11.3 Å². The first-order valence-corrected chi connectivity index (χ1v) is 7.48. The molecule has 0 radical (unpaired) electrons. The van der Waals surface area contributed by atoms with Crippen LogP contribution in [-0.4, -0.2) is 31.4 Å². The second-order valence-electron chi connectivity index (χ2n) is 4.89. The maximum atomic E-state index is 12.1. The number of hydrogen-bond acceptors (Lipinski definition) is 4. The molecule has 1 N–H and O–H groups in total. The van der Waals surface area contributed by atoms with Crippen molar-refractivity contribution in [1.82, 2.24) is 10.2 Å². The molecule has 21 heavy (non-hydrogen) atoms. The second kappa shape index (κ2) is 7.02. The van der Waals surface area contributed by atoms with Gasteiger partial charge in [0.15, 0.2) is 0 Å². The molecule has 0 aliphatic rings. The Morgan fingerprint density at radius 2 is 2.05 bits per heavy atom. The van der Waals surface area contributed by atoms with Gasteiger partial charge in [-0.25, -0.2) is 0 Å². The molecule has 0 unspecified atom stereocenters. The van der Waals surface area contributed by atoms with Crippen LogP contribution in [0.5, 0.6) is 0 Å². The van der Waals surface area contributed by atoms with Crippen molar-refractivity contribution in [3.63, 3.8) is 0 Å². The third-order valence-corrected chi connectivity index (χ3v) is 4.20. The summed E-state index contributed by atoms with van der Waals surface area (Å²) in [4.78, 5) is 15.4. The van der Waals surface area contributed by atoms with Crippen molar-refractivity contribution in [1.29, 1.82) is 5.26 Å². The molecule has 0 bridgehead atoms. The minimum Gasteiger partial charge on any atom is -0.350 e. The van der Waals surface area contributed by atoms with E-state index in [2.05, 4.69) is 16.3 Å². The van der Waals surface area contributed by atoms with Crippen LogP contribution in [0.1, 0.15) is 26.8 Å². The number of benzene rings is 1. The average molecular weight is 299 g/mol. The molecule has 0 saturated heterocycles. The van der Waals surface area contributed by atoms with Crippen molar-refractivity contribution in [3.05, 3.63) is 57.8 Å². The number of thiophene rings is 1. The number of rotatable bonds is 5. The van der Waals surface area contributed by atoms with E-state index in [9.17, 15) is 4.79 Å². The van der Waals surface area contributed by atoms with Gasteiger partial charge in [-0.05, 0) is 49.8 Å². The summed E-state index contributed by atoms with van der Waals surface area (Å²) in [5.74, 6) is -0.122. The van der Waals surface area contributed by atoms with Crippen LogP contribution in [0.15, 0.2) is 41.8 Å². The monoisotopic (exact) mass is 299 g/mol. The van der Waals surface area contributed by atoms with Crippen molar-refractivity contribution < 1.29 is 4.79 Å². The maximum Gasteiger partial charge on any atom is 0.251 e. The SMILES string of the molecule is CN(C)[C@H](CNC(=O)c1ccc(C#N)cc1)c1cccs1. The molecule has 0 aliphatic carbocycles. The zero-order valence-electron chi connectivity index (χ0n) is 12.0. The van der Waals surface area contributed by atoms with E-state index in [1.807, 2.05) is 31.6 Å². The first kappa shape index (κ1) is 15.2. The van der Waals surface area contributed by atoms with Gasteiger partial charge in [0.1, 0.15) is 0 Å². The van der Waals surface area contributed by atoms with E-state index in [1.165, 1.54) is 4.88 Å². The fourth-order valence-electron chi connectivity index (χ4n) is 2.01. The summed E-state index contributed by atoms with van der Waals surface area (Å²) in [5.41, 5.74) is 1.12. The standard InChI is InChI=1S/C16H17N3OS/c1-19(2)14(15-4-3-9-21-15)11-18-16(20)13-7-5-12(10-17)6-8-13/h3-9,14H,11H2,1-2H3,(H,18,20)/t14-/m1/s1. The van der Waals surface area contributed by atoms with Crippen LogP contribution in [-0.2, 0) is 0 Å². The quantitative estimate of drug-likeness (QED) is 0.923. The summed E-state index contributed by atoms with van der Waals surface area (Å²) in [6.45, 7) is 0.548. The van der Waals surface area contributed by atoms with E-state index in [1.54, 1.807) is 35.6 Å². The average Bonchev–Trinajstić information content (AvgIpc) is 3.01. The second-order valence-corrected chi connectivity index (χ2v) is 5.87. The van der Waals surface area contributed by atoms with Crippen LogP contribution in [0.3, 0.4) is 0 Å². The van der Waals surface area contributed by atoms with Crippen molar-refractivity contribution in [2.75, 3.05) is 20.6 Å². The van der Waals surface area contributed by atoms with Gasteiger partial charge >= 0.3 is 0 Å². The van der Waals surface area contributed by atoms with Crippen molar-refractivity contribution in [3.8, 4) is 6.07 Å². The number of nitrogens with zero attached hydrogens (tertiary/aromatic N) is 2. The number of carbonyl (C=O) groups excluding carboxylic acids is 1. The zero-order chi connectivity index (χ0) is 15.2. The smallest absolute Gasteiger partial charge is 0.251 e. The molecule has 0 fully saturated rings. The lowest BCUT2D eigenvalue weighted by Crippen LogP contribution is -2.34. The van der Waals surface area contributed by atoms with Gasteiger partial charge in [-0.3, -0.25) is 4.79 Å². The molecule has 1 amide bonds. The minimum atomic E-state index is -0.122. The van der Waals surface area contributed by atoms with Crippen molar-refractivity contribution in [2.45, 2.75) is 6.04 Å². The molecule has 4 nitrogen and oxygen atoms in total. The Morgan fingerprint density at radius 1 is 1.33 bits per heavy atom. The fraction of sp³-hybridized carbons (Fsp3) is 0.250. The molecular weight excluding hydrogens is 282 g/mol. The number of hydrogen-bond donors (Lipinski definition) is 1. The number of nitriles is 1. The minimum absolute atomic E-state index is 0.122. The van der Waals surface area contributed by atoms with Crippen LogP contribution in [0.4, 0.5) is 0 Å². The summed E-state index contributed by atoms with van der Waals surface area (Å²) < 4.78 is 0. The van der Waals surface area contributed by atoms with Crippen LogP contribution in [0.25, 0.3) is 0 Å². The van der Waals surface area contributed by atoms with E-state index in [-0.39, 0.29) is 11.9 Å².